The fraction of sp³-hybridized carbons (Fsp3) is 0.0769. The summed E-state index contributed by atoms with van der Waals surface area (Å²) in [6, 6.07) is 10.2. The van der Waals surface area contributed by atoms with Crippen LogP contribution in [0.4, 0.5) is 5.69 Å². The van der Waals surface area contributed by atoms with Crippen molar-refractivity contribution >= 4 is 5.69 Å². The smallest absolute Gasteiger partial charge is 0.0449 e. The van der Waals surface area contributed by atoms with E-state index >= 15 is 0 Å². The number of hydrogen-bond acceptors (Lipinski definition) is 1. The third-order valence-corrected chi connectivity index (χ3v) is 1.75. The van der Waals surface area contributed by atoms with Gasteiger partial charge in [-0.15, -0.1) is 0 Å². The van der Waals surface area contributed by atoms with Gasteiger partial charge in [0.2, 0.25) is 0 Å². The summed E-state index contributed by atoms with van der Waals surface area (Å²) in [5.41, 5.74) is 1.14. The minimum Gasteiger partial charge on any atom is -0.324 e. The Hall–Kier alpha value is -1.76. The molecule has 0 aliphatic rings. The van der Waals surface area contributed by atoms with Gasteiger partial charge in [-0.2, -0.15) is 0 Å². The van der Waals surface area contributed by atoms with Crippen LogP contribution in [0.15, 0.2) is 67.5 Å². The average Bonchev–Trinajstić information content (AvgIpc) is 2.25. The van der Waals surface area contributed by atoms with Crippen LogP contribution in [0.2, 0.25) is 0 Å². The molecule has 0 N–H and O–H groups in total. The van der Waals surface area contributed by atoms with E-state index in [4.69, 9.17) is 0 Å². The van der Waals surface area contributed by atoms with E-state index in [1.807, 2.05) is 54.6 Å². The molecule has 0 spiro atoms. The zero-order valence-electron chi connectivity index (χ0n) is 8.43. The van der Waals surface area contributed by atoms with Gasteiger partial charge in [0.1, 0.15) is 0 Å². The second-order valence-electron chi connectivity index (χ2n) is 2.80. The molecule has 0 bridgehead atoms. The number of hydrogen-bond donors (Lipinski definition) is 0. The van der Waals surface area contributed by atoms with Crippen molar-refractivity contribution in [3.8, 4) is 0 Å². The van der Waals surface area contributed by atoms with Gasteiger partial charge < -0.3 is 4.90 Å². The molecule has 72 valence electrons. The first-order chi connectivity index (χ1) is 6.88. The van der Waals surface area contributed by atoms with Crippen molar-refractivity contribution < 1.29 is 0 Å². The van der Waals surface area contributed by atoms with E-state index in [1.165, 1.54) is 0 Å². The zero-order valence-corrected chi connectivity index (χ0v) is 8.43. The SMILES string of the molecule is C=C/C=C\N(/C=C\C)c1ccccc1. The summed E-state index contributed by atoms with van der Waals surface area (Å²) in [4.78, 5) is 2.04. The van der Waals surface area contributed by atoms with Crippen LogP contribution in [0.5, 0.6) is 0 Å². The van der Waals surface area contributed by atoms with Crippen LogP contribution in [-0.2, 0) is 0 Å². The molecule has 0 radical (unpaired) electrons. The van der Waals surface area contributed by atoms with Gasteiger partial charge in [-0.3, -0.25) is 0 Å². The minimum absolute atomic E-state index is 1.14. The molecule has 0 aliphatic heterocycles. The Morgan fingerprint density at radius 3 is 2.43 bits per heavy atom. The summed E-state index contributed by atoms with van der Waals surface area (Å²) < 4.78 is 0. The molecule has 1 nitrogen and oxygen atoms in total. The molecule has 1 aromatic rings. The van der Waals surface area contributed by atoms with Crippen LogP contribution < -0.4 is 4.90 Å². The summed E-state index contributed by atoms with van der Waals surface area (Å²) in [7, 11) is 0. The van der Waals surface area contributed by atoms with Crippen LogP contribution in [0.1, 0.15) is 6.92 Å². The van der Waals surface area contributed by atoms with Crippen LogP contribution in [0, 0.1) is 0 Å². The van der Waals surface area contributed by atoms with Gasteiger partial charge in [0.15, 0.2) is 0 Å². The van der Waals surface area contributed by atoms with Gasteiger partial charge >= 0.3 is 0 Å². The Kier molecular flexibility index (Phi) is 4.29. The van der Waals surface area contributed by atoms with E-state index in [2.05, 4.69) is 18.7 Å². The summed E-state index contributed by atoms with van der Waals surface area (Å²) in [5, 5.41) is 0. The van der Waals surface area contributed by atoms with E-state index in [0.717, 1.165) is 5.69 Å². The van der Waals surface area contributed by atoms with Gasteiger partial charge in [0, 0.05) is 18.1 Å². The monoisotopic (exact) mass is 185 g/mol. The highest BCUT2D eigenvalue weighted by atomic mass is 15.1. The van der Waals surface area contributed by atoms with Crippen molar-refractivity contribution in [1.29, 1.82) is 0 Å². The lowest BCUT2D eigenvalue weighted by molar-refractivity contribution is 1.27. The molecule has 0 atom stereocenters. The van der Waals surface area contributed by atoms with Crippen LogP contribution in [-0.4, -0.2) is 0 Å². The number of para-hydroxylation sites is 1. The lowest BCUT2D eigenvalue weighted by atomic mass is 10.3. The normalized spacial score (nSPS) is 10.9. The van der Waals surface area contributed by atoms with Crippen LogP contribution in [0.25, 0.3) is 0 Å². The van der Waals surface area contributed by atoms with Gasteiger partial charge in [-0.1, -0.05) is 36.9 Å². The number of benzene rings is 1. The topological polar surface area (TPSA) is 3.24 Å². The molecule has 0 heterocycles. The number of anilines is 1. The van der Waals surface area contributed by atoms with E-state index in [0.29, 0.717) is 0 Å². The van der Waals surface area contributed by atoms with Crippen LogP contribution in [0.3, 0.4) is 0 Å². The molecule has 0 saturated carbocycles. The third-order valence-electron chi connectivity index (χ3n) is 1.75. The Balaban J connectivity index is 2.88. The molecule has 0 aliphatic carbocycles. The lowest BCUT2D eigenvalue weighted by Crippen LogP contribution is -2.05. The molecule has 0 aromatic heterocycles. The Morgan fingerprint density at radius 2 is 1.86 bits per heavy atom. The maximum absolute atomic E-state index is 3.65. The summed E-state index contributed by atoms with van der Waals surface area (Å²) in [6.45, 7) is 5.65. The quantitative estimate of drug-likeness (QED) is 0.646. The van der Waals surface area contributed by atoms with Crippen molar-refractivity contribution in [1.82, 2.24) is 0 Å². The maximum atomic E-state index is 3.65. The highest BCUT2D eigenvalue weighted by Crippen LogP contribution is 2.13. The summed E-state index contributed by atoms with van der Waals surface area (Å²) in [5.74, 6) is 0. The average molecular weight is 185 g/mol. The summed E-state index contributed by atoms with van der Waals surface area (Å²) >= 11 is 0. The lowest BCUT2D eigenvalue weighted by Gasteiger charge is -2.14. The molecular formula is C13H15N. The molecule has 0 fully saturated rings. The van der Waals surface area contributed by atoms with Gasteiger partial charge in [-0.25, -0.2) is 0 Å². The maximum Gasteiger partial charge on any atom is 0.0449 e. The molecular weight excluding hydrogens is 170 g/mol. The highest BCUT2D eigenvalue weighted by molar-refractivity contribution is 5.51. The molecule has 14 heavy (non-hydrogen) atoms. The third kappa shape index (κ3) is 2.94. The molecule has 0 saturated heterocycles. The highest BCUT2D eigenvalue weighted by Gasteiger charge is 1.95. The van der Waals surface area contributed by atoms with E-state index in [1.54, 1.807) is 6.08 Å². The van der Waals surface area contributed by atoms with Crippen molar-refractivity contribution in [2.24, 2.45) is 0 Å². The summed E-state index contributed by atoms with van der Waals surface area (Å²) in [6.07, 6.45) is 9.66. The predicted molar refractivity (Wildman–Crippen MR) is 63.1 cm³/mol. The molecule has 0 amide bonds. The zero-order chi connectivity index (χ0) is 10.2. The largest absolute Gasteiger partial charge is 0.324 e. The van der Waals surface area contributed by atoms with E-state index < -0.39 is 0 Å². The number of rotatable bonds is 4. The standard InChI is InChI=1S/C13H15N/c1-3-5-12-14(11-4-2)13-9-7-6-8-10-13/h3-12H,1H2,2H3/b11-4-,12-5-. The molecule has 1 aromatic carbocycles. The Labute approximate surface area is 85.7 Å². The number of nitrogens with zero attached hydrogens (tertiary/aromatic N) is 1. The van der Waals surface area contributed by atoms with Gasteiger partial charge in [0.05, 0.1) is 0 Å². The van der Waals surface area contributed by atoms with E-state index in [9.17, 15) is 0 Å². The fourth-order valence-corrected chi connectivity index (χ4v) is 1.14. The molecule has 0 unspecified atom stereocenters. The van der Waals surface area contributed by atoms with Gasteiger partial charge in [0.25, 0.3) is 0 Å². The molecule has 1 rings (SSSR count). The molecule has 1 heteroatoms. The number of allylic oxidation sites excluding steroid dienone is 3. The first-order valence-corrected chi connectivity index (χ1v) is 4.64. The first-order valence-electron chi connectivity index (χ1n) is 4.64. The second kappa shape index (κ2) is 5.81. The van der Waals surface area contributed by atoms with Crippen molar-refractivity contribution in [2.45, 2.75) is 6.92 Å². The van der Waals surface area contributed by atoms with Crippen molar-refractivity contribution in [2.75, 3.05) is 4.90 Å². The van der Waals surface area contributed by atoms with Gasteiger partial charge in [-0.05, 0) is 25.1 Å². The Bertz CT molecular complexity index is 322. The Morgan fingerprint density at radius 1 is 1.14 bits per heavy atom. The van der Waals surface area contributed by atoms with Crippen LogP contribution >= 0.6 is 0 Å². The fourth-order valence-electron chi connectivity index (χ4n) is 1.14. The van der Waals surface area contributed by atoms with E-state index in [-0.39, 0.29) is 0 Å². The van der Waals surface area contributed by atoms with Crippen molar-refractivity contribution in [3.05, 3.63) is 67.5 Å². The first kappa shape index (κ1) is 10.3. The second-order valence-corrected chi connectivity index (χ2v) is 2.80. The predicted octanol–water partition coefficient (Wildman–Crippen LogP) is 3.73. The van der Waals surface area contributed by atoms with Crippen molar-refractivity contribution in [3.63, 3.8) is 0 Å². The minimum atomic E-state index is 1.14.